The predicted octanol–water partition coefficient (Wildman–Crippen LogP) is 7.21. The fourth-order valence-electron chi connectivity index (χ4n) is 3.09. The summed E-state index contributed by atoms with van der Waals surface area (Å²) in [6.07, 6.45) is 4.46. The minimum absolute atomic E-state index is 0.192. The van der Waals surface area contributed by atoms with Gasteiger partial charge in [-0.05, 0) is 92.4 Å². The molecule has 0 unspecified atom stereocenters. The third-order valence-corrected chi connectivity index (χ3v) is 6.08. The van der Waals surface area contributed by atoms with Crippen molar-refractivity contribution in [2.75, 3.05) is 10.6 Å². The Hall–Kier alpha value is -3.74. The summed E-state index contributed by atoms with van der Waals surface area (Å²) in [5.74, 6) is -0.446. The number of nitrogens with zero attached hydrogens (tertiary/aromatic N) is 2. The average Bonchev–Trinajstić information content (AvgIpc) is 2.85. The number of carbonyl (C=O) groups is 2. The molecule has 0 aliphatic heterocycles. The lowest BCUT2D eigenvalue weighted by Crippen LogP contribution is -2.12. The van der Waals surface area contributed by atoms with Gasteiger partial charge in [0, 0.05) is 30.0 Å². The van der Waals surface area contributed by atoms with Crippen LogP contribution in [0.5, 0.6) is 0 Å². The Kier molecular flexibility index (Phi) is 9.17. The second-order valence-corrected chi connectivity index (χ2v) is 9.03. The highest BCUT2D eigenvalue weighted by molar-refractivity contribution is 6.34. The maximum Gasteiger partial charge on any atom is 0.258 e. The number of nitrogens with one attached hydrogen (secondary N) is 2. The molecule has 2 heterocycles. The molecule has 2 aromatic carbocycles. The number of amides is 2. The topological polar surface area (TPSA) is 84.0 Å². The number of aryl methyl sites for hydroxylation is 4. The summed E-state index contributed by atoms with van der Waals surface area (Å²) in [5.41, 5.74) is 7.04. The summed E-state index contributed by atoms with van der Waals surface area (Å²) in [4.78, 5) is 31.7. The molecule has 0 atom stereocenters. The van der Waals surface area contributed by atoms with Crippen LogP contribution in [0.1, 0.15) is 43.0 Å². The number of pyridine rings is 2. The molecule has 4 aromatic rings. The molecule has 0 saturated carbocycles. The summed E-state index contributed by atoms with van der Waals surface area (Å²) in [6, 6.07) is 16.4. The van der Waals surface area contributed by atoms with E-state index >= 15 is 0 Å². The van der Waals surface area contributed by atoms with Crippen LogP contribution in [-0.4, -0.2) is 21.8 Å². The summed E-state index contributed by atoms with van der Waals surface area (Å²) >= 11 is 11.6. The van der Waals surface area contributed by atoms with Gasteiger partial charge in [-0.1, -0.05) is 35.3 Å². The highest BCUT2D eigenvalue weighted by atomic mass is 35.5. The highest BCUT2D eigenvalue weighted by Gasteiger charge is 2.11. The number of aromatic nitrogens is 2. The van der Waals surface area contributed by atoms with Crippen LogP contribution < -0.4 is 10.6 Å². The normalized spacial score (nSPS) is 10.2. The van der Waals surface area contributed by atoms with Gasteiger partial charge in [-0.15, -0.1) is 0 Å². The van der Waals surface area contributed by atoms with E-state index in [9.17, 15) is 9.59 Å². The van der Waals surface area contributed by atoms with Gasteiger partial charge in [-0.25, -0.2) is 4.98 Å². The van der Waals surface area contributed by atoms with Crippen molar-refractivity contribution >= 4 is 46.4 Å². The van der Waals surface area contributed by atoms with Crippen LogP contribution in [-0.2, 0) is 0 Å². The molecule has 184 valence electrons. The van der Waals surface area contributed by atoms with E-state index in [0.717, 1.165) is 22.5 Å². The van der Waals surface area contributed by atoms with Crippen LogP contribution in [0.2, 0.25) is 10.2 Å². The molecule has 0 bridgehead atoms. The molecule has 36 heavy (non-hydrogen) atoms. The van der Waals surface area contributed by atoms with Gasteiger partial charge in [0.1, 0.15) is 5.15 Å². The SMILES string of the molecule is Cc1ccc(NC(=O)c2ccc(Cl)nc2)cc1C.Cc1ccc(NC(=O)c2cnccc2Cl)cc1C. The first-order valence-electron chi connectivity index (χ1n) is 11.1. The van der Waals surface area contributed by atoms with Crippen LogP contribution in [0.4, 0.5) is 11.4 Å². The van der Waals surface area contributed by atoms with Crippen molar-refractivity contribution in [2.24, 2.45) is 0 Å². The predicted molar refractivity (Wildman–Crippen MR) is 146 cm³/mol. The largest absolute Gasteiger partial charge is 0.322 e. The molecular weight excluding hydrogens is 495 g/mol. The van der Waals surface area contributed by atoms with E-state index < -0.39 is 0 Å². The zero-order chi connectivity index (χ0) is 26.2. The zero-order valence-electron chi connectivity index (χ0n) is 20.4. The van der Waals surface area contributed by atoms with Crippen molar-refractivity contribution in [2.45, 2.75) is 27.7 Å². The molecule has 0 saturated heterocycles. The van der Waals surface area contributed by atoms with E-state index in [1.807, 2.05) is 64.1 Å². The second-order valence-electron chi connectivity index (χ2n) is 8.23. The maximum absolute atomic E-state index is 12.0. The Morgan fingerprint density at radius 1 is 0.694 bits per heavy atom. The fourth-order valence-corrected chi connectivity index (χ4v) is 3.40. The van der Waals surface area contributed by atoms with Gasteiger partial charge in [0.25, 0.3) is 11.8 Å². The molecule has 0 aliphatic rings. The first-order valence-corrected chi connectivity index (χ1v) is 11.9. The lowest BCUT2D eigenvalue weighted by atomic mass is 10.1. The van der Waals surface area contributed by atoms with E-state index in [-0.39, 0.29) is 11.8 Å². The minimum Gasteiger partial charge on any atom is -0.322 e. The van der Waals surface area contributed by atoms with Gasteiger partial charge in [0.05, 0.1) is 16.1 Å². The zero-order valence-corrected chi connectivity index (χ0v) is 21.9. The first kappa shape index (κ1) is 26.9. The monoisotopic (exact) mass is 520 g/mol. The lowest BCUT2D eigenvalue weighted by Gasteiger charge is -2.08. The third kappa shape index (κ3) is 7.38. The number of hydrogen-bond donors (Lipinski definition) is 2. The van der Waals surface area contributed by atoms with Crippen LogP contribution in [0, 0.1) is 27.7 Å². The van der Waals surface area contributed by atoms with Gasteiger partial charge >= 0.3 is 0 Å². The van der Waals surface area contributed by atoms with Crippen molar-refractivity contribution in [3.63, 3.8) is 0 Å². The van der Waals surface area contributed by atoms with E-state index in [2.05, 4.69) is 20.6 Å². The van der Waals surface area contributed by atoms with E-state index in [1.54, 1.807) is 24.4 Å². The van der Waals surface area contributed by atoms with Crippen LogP contribution in [0.3, 0.4) is 0 Å². The summed E-state index contributed by atoms with van der Waals surface area (Å²) in [7, 11) is 0. The Morgan fingerprint density at radius 2 is 1.28 bits per heavy atom. The van der Waals surface area contributed by atoms with Crippen molar-refractivity contribution in [3.8, 4) is 0 Å². The van der Waals surface area contributed by atoms with Crippen molar-refractivity contribution < 1.29 is 9.59 Å². The Balaban J connectivity index is 0.000000201. The summed E-state index contributed by atoms with van der Waals surface area (Å²) in [6.45, 7) is 8.07. The molecule has 0 aliphatic carbocycles. The molecule has 2 aromatic heterocycles. The Bertz CT molecular complexity index is 1390. The average molecular weight is 521 g/mol. The summed E-state index contributed by atoms with van der Waals surface area (Å²) in [5, 5.41) is 6.40. The molecule has 2 N–H and O–H groups in total. The molecule has 0 radical (unpaired) electrons. The minimum atomic E-state index is -0.253. The number of anilines is 2. The molecule has 0 spiro atoms. The lowest BCUT2D eigenvalue weighted by molar-refractivity contribution is 0.101. The highest BCUT2D eigenvalue weighted by Crippen LogP contribution is 2.18. The van der Waals surface area contributed by atoms with Crippen molar-refractivity contribution in [1.29, 1.82) is 0 Å². The quantitative estimate of drug-likeness (QED) is 0.278. The van der Waals surface area contributed by atoms with Crippen LogP contribution in [0.25, 0.3) is 0 Å². The molecule has 2 amide bonds. The van der Waals surface area contributed by atoms with Gasteiger partial charge in [0.2, 0.25) is 0 Å². The van der Waals surface area contributed by atoms with Gasteiger partial charge < -0.3 is 10.6 Å². The number of halogens is 2. The van der Waals surface area contributed by atoms with E-state index in [4.69, 9.17) is 23.2 Å². The number of carbonyl (C=O) groups excluding carboxylic acids is 2. The van der Waals surface area contributed by atoms with Crippen LogP contribution >= 0.6 is 23.2 Å². The molecule has 4 rings (SSSR count). The maximum atomic E-state index is 12.0. The summed E-state index contributed by atoms with van der Waals surface area (Å²) < 4.78 is 0. The Morgan fingerprint density at radius 3 is 1.78 bits per heavy atom. The van der Waals surface area contributed by atoms with Gasteiger partial charge in [-0.2, -0.15) is 0 Å². The molecule has 6 nitrogen and oxygen atoms in total. The third-order valence-electron chi connectivity index (χ3n) is 5.53. The molecular formula is C28H26Cl2N4O2. The molecule has 0 fully saturated rings. The number of benzene rings is 2. The molecule has 8 heteroatoms. The number of hydrogen-bond acceptors (Lipinski definition) is 4. The van der Waals surface area contributed by atoms with Gasteiger partial charge in [0.15, 0.2) is 0 Å². The number of rotatable bonds is 4. The van der Waals surface area contributed by atoms with E-state index in [1.165, 1.54) is 23.5 Å². The first-order chi connectivity index (χ1) is 17.1. The van der Waals surface area contributed by atoms with Gasteiger partial charge in [-0.3, -0.25) is 14.6 Å². The van der Waals surface area contributed by atoms with Crippen molar-refractivity contribution in [3.05, 3.63) is 117 Å². The second kappa shape index (κ2) is 12.3. The van der Waals surface area contributed by atoms with Crippen molar-refractivity contribution in [1.82, 2.24) is 9.97 Å². The standard InChI is InChI=1S/2C14H13ClN2O/c1-9-3-5-12(7-10(9)2)17-14(18)11-4-6-13(15)16-8-11;1-9-3-4-11(7-10(9)2)17-14(18)12-8-16-6-5-13(12)15/h2*3-8H,1-2H3,(H,17,18). The Labute approximate surface area is 220 Å². The van der Waals surface area contributed by atoms with Crippen LogP contribution in [0.15, 0.2) is 73.2 Å². The van der Waals surface area contributed by atoms with E-state index in [0.29, 0.717) is 21.3 Å². The fraction of sp³-hybridized carbons (Fsp3) is 0.143. The smallest absolute Gasteiger partial charge is 0.258 e.